The molecule has 1 aromatic rings. The van der Waals surface area contributed by atoms with Gasteiger partial charge in [0.15, 0.2) is 5.57 Å². The molecule has 28 heavy (non-hydrogen) atoms. The largest absolute Gasteiger partial charge is 0.621 e. The van der Waals surface area contributed by atoms with E-state index in [1.165, 1.54) is 0 Å². The lowest BCUT2D eigenvalue weighted by Gasteiger charge is -2.27. The molecule has 0 saturated heterocycles. The first kappa shape index (κ1) is 21.6. The van der Waals surface area contributed by atoms with Gasteiger partial charge in [0, 0.05) is 11.6 Å². The third-order valence-corrected chi connectivity index (χ3v) is 4.79. The zero-order valence-corrected chi connectivity index (χ0v) is 16.0. The quantitative estimate of drug-likeness (QED) is 0.0727. The van der Waals surface area contributed by atoms with E-state index in [1.54, 1.807) is 30.3 Å². The first-order chi connectivity index (χ1) is 13.5. The van der Waals surface area contributed by atoms with Crippen LogP contribution in [0.15, 0.2) is 42.0 Å². The molecule has 2 rings (SSSR count). The Kier molecular flexibility index (Phi) is 8.16. The standard InChI is InChI=1S/C20H25NO7/c1-26-19(22)16(20(23)27-2)13-17(14-9-5-3-6-10-14)21(24)18(28-25)15-11-7-4-8-12-15/h3,5-6,9-10,13,15,18,25H,4,7-8,11-12H2,1-2H3/b21-17-. The second-order valence-corrected chi connectivity index (χ2v) is 6.51. The lowest BCUT2D eigenvalue weighted by atomic mass is 9.88. The van der Waals surface area contributed by atoms with E-state index in [0.29, 0.717) is 10.3 Å². The summed E-state index contributed by atoms with van der Waals surface area (Å²) in [6, 6.07) is 8.49. The second kappa shape index (κ2) is 10.6. The molecule has 8 heteroatoms. The van der Waals surface area contributed by atoms with Gasteiger partial charge in [0.25, 0.3) is 6.23 Å². The highest BCUT2D eigenvalue weighted by molar-refractivity contribution is 6.20. The first-order valence-corrected chi connectivity index (χ1v) is 9.10. The summed E-state index contributed by atoms with van der Waals surface area (Å²) in [4.78, 5) is 28.6. The molecule has 1 aromatic carbocycles. The molecule has 0 spiro atoms. The lowest BCUT2D eigenvalue weighted by Crippen LogP contribution is -2.37. The van der Waals surface area contributed by atoms with Gasteiger partial charge in [-0.1, -0.05) is 37.5 Å². The molecule has 1 saturated carbocycles. The fraction of sp³-hybridized carbons (Fsp3) is 0.450. The molecule has 1 N–H and O–H groups in total. The summed E-state index contributed by atoms with van der Waals surface area (Å²) in [5.41, 5.74) is -0.0123. The smallest absolute Gasteiger partial charge is 0.345 e. The van der Waals surface area contributed by atoms with Crippen LogP contribution in [0.4, 0.5) is 0 Å². The number of carbonyl (C=O) groups excluding carboxylic acids is 2. The number of ether oxygens (including phenoxy) is 2. The van der Waals surface area contributed by atoms with Gasteiger partial charge in [0.1, 0.15) is 0 Å². The number of hydrogen-bond donors (Lipinski definition) is 1. The molecule has 1 atom stereocenters. The summed E-state index contributed by atoms with van der Waals surface area (Å²) in [7, 11) is 2.25. The van der Waals surface area contributed by atoms with Crippen molar-refractivity contribution in [3.8, 4) is 0 Å². The molecule has 8 nitrogen and oxygen atoms in total. The monoisotopic (exact) mass is 391 g/mol. The van der Waals surface area contributed by atoms with Gasteiger partial charge >= 0.3 is 11.9 Å². The van der Waals surface area contributed by atoms with Crippen molar-refractivity contribution < 1.29 is 33.9 Å². The summed E-state index contributed by atoms with van der Waals surface area (Å²) in [5.74, 6) is -2.05. The normalized spacial score (nSPS) is 16.5. The van der Waals surface area contributed by atoms with E-state index in [4.69, 9.17) is 0 Å². The molecule has 1 unspecified atom stereocenters. The summed E-state index contributed by atoms with van der Waals surface area (Å²) >= 11 is 0. The predicted molar refractivity (Wildman–Crippen MR) is 100 cm³/mol. The molecular formula is C20H25NO7. The fourth-order valence-electron chi connectivity index (χ4n) is 3.32. The Morgan fingerprint density at radius 3 is 2.18 bits per heavy atom. The van der Waals surface area contributed by atoms with E-state index in [1.807, 2.05) is 0 Å². The summed E-state index contributed by atoms with van der Waals surface area (Å²) in [5, 5.41) is 22.6. The Morgan fingerprint density at radius 2 is 1.68 bits per heavy atom. The molecule has 0 aliphatic heterocycles. The van der Waals surface area contributed by atoms with Crippen molar-refractivity contribution in [2.45, 2.75) is 38.3 Å². The summed E-state index contributed by atoms with van der Waals surface area (Å²) in [6.07, 6.45) is 4.34. The van der Waals surface area contributed by atoms with Gasteiger partial charge in [-0.3, -0.25) is 0 Å². The van der Waals surface area contributed by atoms with Crippen LogP contribution in [0.5, 0.6) is 0 Å². The van der Waals surface area contributed by atoms with Crippen molar-refractivity contribution in [3.63, 3.8) is 0 Å². The number of nitrogens with zero attached hydrogens (tertiary/aromatic N) is 1. The van der Waals surface area contributed by atoms with Crippen LogP contribution in [0.3, 0.4) is 0 Å². The van der Waals surface area contributed by atoms with Crippen LogP contribution in [-0.2, 0) is 24.0 Å². The van der Waals surface area contributed by atoms with Crippen LogP contribution < -0.4 is 0 Å². The van der Waals surface area contributed by atoms with Crippen LogP contribution in [0.2, 0.25) is 0 Å². The number of hydrogen-bond acceptors (Lipinski definition) is 7. The van der Waals surface area contributed by atoms with E-state index < -0.39 is 23.7 Å². The average Bonchev–Trinajstić information content (AvgIpc) is 2.75. The molecule has 0 radical (unpaired) electrons. The maximum absolute atomic E-state index is 13.2. The van der Waals surface area contributed by atoms with Crippen LogP contribution in [0, 0.1) is 11.1 Å². The predicted octanol–water partition coefficient (Wildman–Crippen LogP) is 2.65. The van der Waals surface area contributed by atoms with Crippen molar-refractivity contribution in [1.29, 1.82) is 0 Å². The van der Waals surface area contributed by atoms with Gasteiger partial charge in [-0.25, -0.2) is 14.8 Å². The van der Waals surface area contributed by atoms with Crippen LogP contribution >= 0.6 is 0 Å². The minimum Gasteiger partial charge on any atom is -0.621 e. The third kappa shape index (κ3) is 5.17. The number of rotatable bonds is 7. The summed E-state index contributed by atoms with van der Waals surface area (Å²) < 4.78 is 9.76. The highest BCUT2D eigenvalue weighted by atomic mass is 17.1. The molecule has 0 amide bonds. The lowest BCUT2D eigenvalue weighted by molar-refractivity contribution is -0.611. The van der Waals surface area contributed by atoms with E-state index >= 15 is 0 Å². The summed E-state index contributed by atoms with van der Waals surface area (Å²) in [6.45, 7) is 0. The van der Waals surface area contributed by atoms with Gasteiger partial charge in [-0.2, -0.15) is 9.63 Å². The maximum Gasteiger partial charge on any atom is 0.345 e. The van der Waals surface area contributed by atoms with Crippen LogP contribution in [-0.4, -0.2) is 48.1 Å². The van der Waals surface area contributed by atoms with E-state index in [9.17, 15) is 20.1 Å². The minimum atomic E-state index is -1.16. The highest BCUT2D eigenvalue weighted by Crippen LogP contribution is 2.28. The Labute approximate surface area is 163 Å². The van der Waals surface area contributed by atoms with Crippen molar-refractivity contribution in [3.05, 3.63) is 52.8 Å². The first-order valence-electron chi connectivity index (χ1n) is 9.10. The molecule has 0 heterocycles. The number of benzene rings is 1. The molecule has 0 aromatic heterocycles. The molecule has 1 aliphatic carbocycles. The highest BCUT2D eigenvalue weighted by Gasteiger charge is 2.34. The van der Waals surface area contributed by atoms with Crippen molar-refractivity contribution in [2.75, 3.05) is 14.2 Å². The Balaban J connectivity index is 2.60. The number of carbonyl (C=O) groups is 2. The zero-order valence-electron chi connectivity index (χ0n) is 16.0. The molecular weight excluding hydrogens is 366 g/mol. The Bertz CT molecular complexity index is 718. The number of allylic oxidation sites excluding steroid dienone is 1. The van der Waals surface area contributed by atoms with Gasteiger partial charge in [0.2, 0.25) is 5.71 Å². The molecule has 1 fully saturated rings. The molecule has 1 aliphatic rings. The van der Waals surface area contributed by atoms with Gasteiger partial charge in [-0.15, -0.1) is 0 Å². The zero-order chi connectivity index (χ0) is 20.5. The minimum absolute atomic E-state index is 0.0176. The SMILES string of the molecule is COC(=O)C(=C/C(c1ccccc1)=[N+](/[O-])C(OO)C1CCCCC1)C(=O)OC. The Hall–Kier alpha value is -2.71. The second-order valence-electron chi connectivity index (χ2n) is 6.51. The van der Waals surface area contributed by atoms with Crippen molar-refractivity contribution in [1.82, 2.24) is 0 Å². The van der Waals surface area contributed by atoms with E-state index in [-0.39, 0.29) is 11.6 Å². The number of esters is 2. The molecule has 152 valence electrons. The van der Waals surface area contributed by atoms with Gasteiger partial charge in [-0.05, 0) is 25.0 Å². The Morgan fingerprint density at radius 1 is 1.11 bits per heavy atom. The molecule has 0 bridgehead atoms. The van der Waals surface area contributed by atoms with Crippen LogP contribution in [0.1, 0.15) is 37.7 Å². The van der Waals surface area contributed by atoms with Crippen LogP contribution in [0.25, 0.3) is 0 Å². The van der Waals surface area contributed by atoms with Crippen molar-refractivity contribution in [2.24, 2.45) is 5.92 Å². The van der Waals surface area contributed by atoms with Gasteiger partial charge < -0.3 is 14.7 Å². The topological polar surface area (TPSA) is 108 Å². The average molecular weight is 391 g/mol. The number of hydroxylamine groups is 1. The van der Waals surface area contributed by atoms with E-state index in [2.05, 4.69) is 14.4 Å². The van der Waals surface area contributed by atoms with E-state index in [0.717, 1.165) is 52.4 Å². The number of methoxy groups -OCH3 is 2. The fourth-order valence-corrected chi connectivity index (χ4v) is 3.32. The maximum atomic E-state index is 13.2. The third-order valence-electron chi connectivity index (χ3n) is 4.79. The van der Waals surface area contributed by atoms with Gasteiger partial charge in [0.05, 0.1) is 20.1 Å². The van der Waals surface area contributed by atoms with Crippen molar-refractivity contribution >= 4 is 17.7 Å².